The molecule has 4 nitrogen and oxygen atoms in total. The number of hydrogen-bond acceptors (Lipinski definition) is 4. The van der Waals surface area contributed by atoms with E-state index in [0.29, 0.717) is 13.2 Å². The molecule has 1 aromatic carbocycles. The zero-order valence-electron chi connectivity index (χ0n) is 13.3. The maximum Gasteiger partial charge on any atom is 0.220 e. The maximum atomic E-state index is 11.7. The molecule has 0 N–H and O–H groups in total. The second-order valence-corrected chi connectivity index (χ2v) is 6.18. The molecule has 2 aromatic rings. The number of benzene rings is 1. The number of carbonyl (C=O) groups excluding carboxylic acids is 1. The number of hydrogen-bond donors (Lipinski definition) is 0. The van der Waals surface area contributed by atoms with Crippen LogP contribution in [0.1, 0.15) is 37.9 Å². The highest BCUT2D eigenvalue weighted by molar-refractivity contribution is 7.09. The molecule has 0 bridgehead atoms. The van der Waals surface area contributed by atoms with Crippen molar-refractivity contribution >= 4 is 17.2 Å². The Kier molecular flexibility index (Phi) is 5.95. The first-order valence-electron chi connectivity index (χ1n) is 7.48. The van der Waals surface area contributed by atoms with Crippen molar-refractivity contribution in [3.8, 4) is 5.75 Å². The highest BCUT2D eigenvalue weighted by atomic mass is 32.1. The van der Waals surface area contributed by atoms with Crippen molar-refractivity contribution in [2.75, 3.05) is 0 Å². The van der Waals surface area contributed by atoms with E-state index in [9.17, 15) is 4.79 Å². The quantitative estimate of drug-likeness (QED) is 0.778. The first-order chi connectivity index (χ1) is 10.6. The van der Waals surface area contributed by atoms with Crippen molar-refractivity contribution in [3.63, 3.8) is 0 Å². The normalized spacial score (nSPS) is 12.0. The second kappa shape index (κ2) is 7.94. The molecule has 0 spiro atoms. The first-order valence-corrected chi connectivity index (χ1v) is 8.36. The number of amides is 1. The van der Waals surface area contributed by atoms with Crippen molar-refractivity contribution < 1.29 is 9.53 Å². The van der Waals surface area contributed by atoms with Gasteiger partial charge < -0.3 is 9.64 Å². The van der Waals surface area contributed by atoms with Gasteiger partial charge >= 0.3 is 0 Å². The Bertz CT molecular complexity index is 598. The van der Waals surface area contributed by atoms with Crippen molar-refractivity contribution in [1.29, 1.82) is 0 Å². The van der Waals surface area contributed by atoms with Gasteiger partial charge in [-0.2, -0.15) is 0 Å². The fraction of sp³-hybridized carbons (Fsp3) is 0.412. The molecule has 0 aliphatic rings. The average Bonchev–Trinajstić information content (AvgIpc) is 2.98. The molecule has 2 rings (SSSR count). The van der Waals surface area contributed by atoms with Gasteiger partial charge in [0.15, 0.2) is 0 Å². The molecule has 1 atom stereocenters. The first kappa shape index (κ1) is 16.5. The lowest BCUT2D eigenvalue weighted by atomic mass is 10.2. The molecular weight excluding hydrogens is 296 g/mol. The van der Waals surface area contributed by atoms with E-state index in [4.69, 9.17) is 4.74 Å². The summed E-state index contributed by atoms with van der Waals surface area (Å²) in [5.41, 5.74) is 0.923. The summed E-state index contributed by atoms with van der Waals surface area (Å²) in [5.74, 6) is 0.925. The number of ether oxygens (including phenoxy) is 1. The van der Waals surface area contributed by atoms with Crippen LogP contribution in [0.3, 0.4) is 0 Å². The molecule has 0 saturated carbocycles. The minimum absolute atomic E-state index is 0.0874. The van der Waals surface area contributed by atoms with Gasteiger partial charge in [0.2, 0.25) is 5.91 Å². The predicted octanol–water partition coefficient (Wildman–Crippen LogP) is 3.87. The number of carbonyl (C=O) groups is 1. The predicted molar refractivity (Wildman–Crippen MR) is 88.9 cm³/mol. The summed E-state index contributed by atoms with van der Waals surface area (Å²) in [7, 11) is 0. The monoisotopic (exact) mass is 318 g/mol. The van der Waals surface area contributed by atoms with Gasteiger partial charge in [-0.25, -0.2) is 4.98 Å². The molecule has 22 heavy (non-hydrogen) atoms. The number of aromatic nitrogens is 1. The van der Waals surface area contributed by atoms with E-state index in [-0.39, 0.29) is 11.9 Å². The van der Waals surface area contributed by atoms with Gasteiger partial charge in [-0.3, -0.25) is 4.79 Å². The van der Waals surface area contributed by atoms with Crippen molar-refractivity contribution in [3.05, 3.63) is 46.4 Å². The zero-order chi connectivity index (χ0) is 15.9. The molecule has 0 aliphatic heterocycles. The van der Waals surface area contributed by atoms with Crippen LogP contribution in [0.2, 0.25) is 0 Å². The van der Waals surface area contributed by atoms with Gasteiger partial charge in [-0.05, 0) is 25.5 Å². The summed E-state index contributed by atoms with van der Waals surface area (Å²) < 4.78 is 5.69. The second-order valence-electron chi connectivity index (χ2n) is 5.24. The molecule has 0 fully saturated rings. The molecule has 0 aliphatic carbocycles. The van der Waals surface area contributed by atoms with E-state index >= 15 is 0 Å². The molecule has 1 amide bonds. The smallest absolute Gasteiger partial charge is 0.220 e. The van der Waals surface area contributed by atoms with Crippen LogP contribution in [-0.4, -0.2) is 21.8 Å². The fourth-order valence-corrected chi connectivity index (χ4v) is 2.82. The highest BCUT2D eigenvalue weighted by Gasteiger charge is 2.17. The van der Waals surface area contributed by atoms with Crippen molar-refractivity contribution in [2.45, 2.75) is 46.4 Å². The fourth-order valence-electron chi connectivity index (χ4n) is 2.12. The Morgan fingerprint density at radius 3 is 2.73 bits per heavy atom. The van der Waals surface area contributed by atoms with Gasteiger partial charge in [0, 0.05) is 18.3 Å². The Morgan fingerprint density at radius 1 is 1.36 bits per heavy atom. The SMILES string of the molecule is CC[C@@H](C)N(Cc1csc(COc2ccccc2)n1)C(C)=O. The van der Waals surface area contributed by atoms with Crippen LogP contribution < -0.4 is 4.74 Å². The Balaban J connectivity index is 1.94. The highest BCUT2D eigenvalue weighted by Crippen LogP contribution is 2.17. The van der Waals surface area contributed by atoms with E-state index in [1.54, 1.807) is 18.3 Å². The van der Waals surface area contributed by atoms with E-state index in [0.717, 1.165) is 22.9 Å². The summed E-state index contributed by atoms with van der Waals surface area (Å²) in [6.45, 7) is 6.77. The lowest BCUT2D eigenvalue weighted by Crippen LogP contribution is -2.36. The lowest BCUT2D eigenvalue weighted by molar-refractivity contribution is -0.131. The van der Waals surface area contributed by atoms with Gasteiger partial charge in [0.25, 0.3) is 0 Å². The molecule has 0 radical (unpaired) electrons. The molecule has 0 saturated heterocycles. The molecule has 1 aromatic heterocycles. The van der Waals surface area contributed by atoms with E-state index in [1.165, 1.54) is 0 Å². The van der Waals surface area contributed by atoms with Crippen molar-refractivity contribution in [2.24, 2.45) is 0 Å². The zero-order valence-corrected chi connectivity index (χ0v) is 14.1. The maximum absolute atomic E-state index is 11.7. The van der Waals surface area contributed by atoms with Crippen LogP contribution in [0.25, 0.3) is 0 Å². The summed E-state index contributed by atoms with van der Waals surface area (Å²) in [5, 5.41) is 2.92. The van der Waals surface area contributed by atoms with Crippen LogP contribution in [-0.2, 0) is 17.9 Å². The third-order valence-corrected chi connectivity index (χ3v) is 4.44. The molecular formula is C17H22N2O2S. The summed E-state index contributed by atoms with van der Waals surface area (Å²) >= 11 is 1.57. The number of nitrogens with zero attached hydrogens (tertiary/aromatic N) is 2. The molecule has 5 heteroatoms. The summed E-state index contributed by atoms with van der Waals surface area (Å²) in [6, 6.07) is 9.92. The van der Waals surface area contributed by atoms with Gasteiger partial charge in [-0.1, -0.05) is 25.1 Å². The van der Waals surface area contributed by atoms with E-state index in [1.807, 2.05) is 40.6 Å². The summed E-state index contributed by atoms with van der Waals surface area (Å²) in [6.07, 6.45) is 0.938. The number of thiazole rings is 1. The number of rotatable bonds is 7. The Hall–Kier alpha value is -1.88. The van der Waals surface area contributed by atoms with Gasteiger partial charge in [0.05, 0.1) is 12.2 Å². The number of para-hydroxylation sites is 1. The van der Waals surface area contributed by atoms with Gasteiger partial charge in [-0.15, -0.1) is 11.3 Å². The largest absolute Gasteiger partial charge is 0.486 e. The third-order valence-electron chi connectivity index (χ3n) is 3.56. The van der Waals surface area contributed by atoms with Gasteiger partial charge in [0.1, 0.15) is 17.4 Å². The topological polar surface area (TPSA) is 42.4 Å². The minimum atomic E-state index is 0.0874. The molecule has 0 unspecified atom stereocenters. The molecule has 1 heterocycles. The van der Waals surface area contributed by atoms with Crippen LogP contribution >= 0.6 is 11.3 Å². The van der Waals surface area contributed by atoms with Crippen molar-refractivity contribution in [1.82, 2.24) is 9.88 Å². The minimum Gasteiger partial charge on any atom is -0.486 e. The Morgan fingerprint density at radius 2 is 2.09 bits per heavy atom. The van der Waals surface area contributed by atoms with Crippen LogP contribution in [0.5, 0.6) is 5.75 Å². The summed E-state index contributed by atoms with van der Waals surface area (Å²) in [4.78, 5) is 18.2. The average molecular weight is 318 g/mol. The molecule has 118 valence electrons. The Labute approximate surface area is 135 Å². The third kappa shape index (κ3) is 4.56. The van der Waals surface area contributed by atoms with Crippen LogP contribution in [0.4, 0.5) is 0 Å². The van der Waals surface area contributed by atoms with E-state index < -0.39 is 0 Å². The van der Waals surface area contributed by atoms with E-state index in [2.05, 4.69) is 18.8 Å². The standard InChI is InChI=1S/C17H22N2O2S/c1-4-13(2)19(14(3)20)10-15-12-22-17(18-15)11-21-16-8-6-5-7-9-16/h5-9,12-13H,4,10-11H2,1-3H3/t13-/m1/s1. The lowest BCUT2D eigenvalue weighted by Gasteiger charge is -2.26. The van der Waals surface area contributed by atoms with Crippen LogP contribution in [0, 0.1) is 0 Å². The van der Waals surface area contributed by atoms with Crippen LogP contribution in [0.15, 0.2) is 35.7 Å².